The third kappa shape index (κ3) is 4.45. The molecule has 0 aliphatic heterocycles. The number of nitrogens with two attached hydrogens (primary N) is 1. The van der Waals surface area contributed by atoms with E-state index in [2.05, 4.69) is 10.6 Å². The molecule has 5 N–H and O–H groups in total. The number of rotatable bonds is 8. The first-order chi connectivity index (χ1) is 13.6. The quantitative estimate of drug-likeness (QED) is 0.293. The summed E-state index contributed by atoms with van der Waals surface area (Å²) in [6, 6.07) is 3.69. The molecular weight excluding hydrogens is 376 g/mol. The van der Waals surface area contributed by atoms with Crippen molar-refractivity contribution in [3.05, 3.63) is 56.0 Å². The number of amides is 1. The Labute approximate surface area is 167 Å². The maximum Gasteiger partial charge on any atom is 0.257 e. The van der Waals surface area contributed by atoms with Crippen LogP contribution in [-0.4, -0.2) is 41.8 Å². The molecule has 0 aliphatic rings. The lowest BCUT2D eigenvalue weighted by atomic mass is 10.1. The molecule has 0 heterocycles. The Morgan fingerprint density at radius 1 is 1.21 bits per heavy atom. The van der Waals surface area contributed by atoms with E-state index in [0.717, 1.165) is 0 Å². The van der Waals surface area contributed by atoms with Crippen molar-refractivity contribution in [2.75, 3.05) is 24.7 Å². The van der Waals surface area contributed by atoms with Gasteiger partial charge in [-0.2, -0.15) is 0 Å². The number of phenols is 1. The van der Waals surface area contributed by atoms with Crippen LogP contribution in [0.25, 0.3) is 0 Å². The van der Waals surface area contributed by atoms with Gasteiger partial charge in [0.05, 0.1) is 17.3 Å². The predicted molar refractivity (Wildman–Crippen MR) is 111 cm³/mol. The summed E-state index contributed by atoms with van der Waals surface area (Å²) in [5.41, 5.74) is 4.28. The summed E-state index contributed by atoms with van der Waals surface area (Å²) >= 11 is 0. The van der Waals surface area contributed by atoms with Crippen LogP contribution in [0.4, 0.5) is 17.1 Å². The van der Waals surface area contributed by atoms with Gasteiger partial charge < -0.3 is 26.4 Å². The van der Waals surface area contributed by atoms with E-state index in [9.17, 15) is 24.3 Å². The molecule has 1 amide bonds. The number of hydrogen-bond donors (Lipinski definition) is 4. The Morgan fingerprint density at radius 2 is 1.83 bits per heavy atom. The molecule has 29 heavy (non-hydrogen) atoms. The standard InChI is InChI=1S/C20H24N4O5/c1-5-12(14(25)9-10(2)21)22-15-16(19(28)18(15)27)23-13-8-6-7-11(17(13)26)20(29)24(3)4/h6-9,12,22-23,26H,5,21H2,1-4H3/t12-/m1/s1. The lowest BCUT2D eigenvalue weighted by molar-refractivity contribution is -0.115. The number of para-hydroxylation sites is 1. The van der Waals surface area contributed by atoms with E-state index in [1.165, 1.54) is 29.2 Å². The van der Waals surface area contributed by atoms with Gasteiger partial charge in [0, 0.05) is 25.9 Å². The van der Waals surface area contributed by atoms with E-state index in [1.807, 2.05) is 0 Å². The molecule has 0 saturated carbocycles. The average molecular weight is 400 g/mol. The highest BCUT2D eigenvalue weighted by Gasteiger charge is 2.26. The zero-order valence-corrected chi connectivity index (χ0v) is 16.7. The van der Waals surface area contributed by atoms with Crippen LogP contribution in [0.1, 0.15) is 30.6 Å². The predicted octanol–water partition coefficient (Wildman–Crippen LogP) is 1.06. The van der Waals surface area contributed by atoms with Crippen molar-refractivity contribution in [1.29, 1.82) is 0 Å². The van der Waals surface area contributed by atoms with Gasteiger partial charge in [0.2, 0.25) is 0 Å². The Morgan fingerprint density at radius 3 is 2.38 bits per heavy atom. The number of nitrogens with zero attached hydrogens (tertiary/aromatic N) is 1. The molecule has 0 aliphatic carbocycles. The average Bonchev–Trinajstić information content (AvgIpc) is 2.66. The van der Waals surface area contributed by atoms with E-state index in [0.29, 0.717) is 12.1 Å². The second-order valence-electron chi connectivity index (χ2n) is 6.83. The van der Waals surface area contributed by atoms with Crippen molar-refractivity contribution in [3.63, 3.8) is 0 Å². The van der Waals surface area contributed by atoms with Crippen molar-refractivity contribution in [1.82, 2.24) is 4.90 Å². The Kier molecular flexibility index (Phi) is 6.42. The zero-order valence-electron chi connectivity index (χ0n) is 16.7. The molecule has 0 spiro atoms. The van der Waals surface area contributed by atoms with Gasteiger partial charge in [-0.3, -0.25) is 19.2 Å². The van der Waals surface area contributed by atoms with Gasteiger partial charge in [-0.25, -0.2) is 0 Å². The number of ketones is 1. The fraction of sp³-hybridized carbons (Fsp3) is 0.300. The third-order valence-electron chi connectivity index (χ3n) is 4.28. The molecule has 0 saturated heterocycles. The summed E-state index contributed by atoms with van der Waals surface area (Å²) < 4.78 is 0. The molecule has 9 heteroatoms. The van der Waals surface area contributed by atoms with Crippen LogP contribution >= 0.6 is 0 Å². The second-order valence-corrected chi connectivity index (χ2v) is 6.83. The zero-order chi connectivity index (χ0) is 21.9. The monoisotopic (exact) mass is 400 g/mol. The van der Waals surface area contributed by atoms with Crippen LogP contribution in [0.3, 0.4) is 0 Å². The first-order valence-electron chi connectivity index (χ1n) is 8.96. The SMILES string of the molecule is CC[C@@H](Nc1c(Nc2cccc(C(=O)N(C)C)c2O)c(=O)c1=O)C(=O)C=C(C)N. The van der Waals surface area contributed by atoms with Gasteiger partial charge in [-0.15, -0.1) is 0 Å². The highest BCUT2D eigenvalue weighted by Crippen LogP contribution is 2.32. The third-order valence-corrected chi connectivity index (χ3v) is 4.28. The first-order valence-corrected chi connectivity index (χ1v) is 8.96. The van der Waals surface area contributed by atoms with Crippen molar-refractivity contribution in [2.45, 2.75) is 26.3 Å². The number of carbonyl (C=O) groups excluding carboxylic acids is 2. The van der Waals surface area contributed by atoms with Gasteiger partial charge in [0.15, 0.2) is 11.5 Å². The molecule has 9 nitrogen and oxygen atoms in total. The summed E-state index contributed by atoms with van der Waals surface area (Å²) in [5, 5.41) is 15.9. The van der Waals surface area contributed by atoms with E-state index >= 15 is 0 Å². The topological polar surface area (TPSA) is 142 Å². The lowest BCUT2D eigenvalue weighted by Gasteiger charge is -2.21. The lowest BCUT2D eigenvalue weighted by Crippen LogP contribution is -2.40. The van der Waals surface area contributed by atoms with Gasteiger partial charge >= 0.3 is 0 Å². The summed E-state index contributed by atoms with van der Waals surface area (Å²) in [5.74, 6) is -1.10. The van der Waals surface area contributed by atoms with Crippen LogP contribution in [0.15, 0.2) is 39.6 Å². The van der Waals surface area contributed by atoms with Crippen molar-refractivity contribution < 1.29 is 14.7 Å². The Balaban J connectivity index is 2.35. The van der Waals surface area contributed by atoms with Gasteiger partial charge in [0.1, 0.15) is 11.4 Å². The van der Waals surface area contributed by atoms with Crippen molar-refractivity contribution in [3.8, 4) is 5.75 Å². The number of benzene rings is 1. The molecule has 0 fully saturated rings. The molecule has 2 rings (SSSR count). The fourth-order valence-corrected chi connectivity index (χ4v) is 2.71. The minimum Gasteiger partial charge on any atom is -0.505 e. The molecular formula is C20H24N4O5. The number of aromatic hydroxyl groups is 1. The first kappa shape index (κ1) is 21.7. The highest BCUT2D eigenvalue weighted by molar-refractivity contribution is 5.99. The fourth-order valence-electron chi connectivity index (χ4n) is 2.71. The van der Waals surface area contributed by atoms with Crippen molar-refractivity contribution in [2.24, 2.45) is 5.73 Å². The molecule has 0 bridgehead atoms. The number of nitrogens with one attached hydrogen (secondary N) is 2. The van der Waals surface area contributed by atoms with Gasteiger partial charge in [-0.1, -0.05) is 13.0 Å². The van der Waals surface area contributed by atoms with Crippen LogP contribution in [0.2, 0.25) is 0 Å². The number of hydrogen-bond acceptors (Lipinski definition) is 8. The van der Waals surface area contributed by atoms with E-state index in [1.54, 1.807) is 27.9 Å². The highest BCUT2D eigenvalue weighted by atomic mass is 16.3. The minimum atomic E-state index is -0.788. The molecule has 2 aromatic rings. The van der Waals surface area contributed by atoms with Crippen LogP contribution in [-0.2, 0) is 4.79 Å². The summed E-state index contributed by atoms with van der Waals surface area (Å²) in [6.07, 6.45) is 1.61. The molecule has 0 unspecified atom stereocenters. The van der Waals surface area contributed by atoms with Crippen LogP contribution < -0.4 is 27.2 Å². The minimum absolute atomic E-state index is 0.0402. The maximum absolute atomic E-state index is 12.2. The molecule has 154 valence electrons. The van der Waals surface area contributed by atoms with Crippen LogP contribution in [0.5, 0.6) is 5.75 Å². The Hall–Kier alpha value is -3.62. The normalized spacial score (nSPS) is 12.5. The summed E-state index contributed by atoms with van der Waals surface area (Å²) in [7, 11) is 3.08. The number of carbonyl (C=O) groups is 2. The largest absolute Gasteiger partial charge is 0.505 e. The Bertz CT molecular complexity index is 1040. The number of phenolic OH excluding ortho intramolecular Hbond substituents is 1. The molecule has 0 radical (unpaired) electrons. The van der Waals surface area contributed by atoms with Gasteiger partial charge in [-0.05, 0) is 25.5 Å². The smallest absolute Gasteiger partial charge is 0.257 e. The molecule has 0 aromatic heterocycles. The van der Waals surface area contributed by atoms with Gasteiger partial charge in [0.25, 0.3) is 16.8 Å². The molecule has 1 atom stereocenters. The van der Waals surface area contributed by atoms with E-state index in [-0.39, 0.29) is 34.2 Å². The van der Waals surface area contributed by atoms with E-state index < -0.39 is 22.8 Å². The van der Waals surface area contributed by atoms with Crippen LogP contribution in [0, 0.1) is 0 Å². The number of anilines is 3. The second kappa shape index (κ2) is 8.59. The van der Waals surface area contributed by atoms with Crippen molar-refractivity contribution >= 4 is 28.8 Å². The molecule has 2 aromatic carbocycles. The van der Waals surface area contributed by atoms with E-state index in [4.69, 9.17) is 5.73 Å². The maximum atomic E-state index is 12.2. The summed E-state index contributed by atoms with van der Waals surface area (Å²) in [6.45, 7) is 3.32. The summed E-state index contributed by atoms with van der Waals surface area (Å²) in [4.78, 5) is 49.7. The number of allylic oxidation sites excluding steroid dienone is 1.